The SMILES string of the molecule is [2H]C(C)(C)c1nc2cc[n+](C)c(-c3cc(C)cc(C)c3C)c2s1. The molecule has 0 N–H and O–H groups in total. The monoisotopic (exact) mass is 312 g/mol. The number of fused-ring (bicyclic) bond motifs is 1. The molecule has 0 spiro atoms. The molecular formula is C19H23N2S+. The third kappa shape index (κ3) is 2.44. The Labute approximate surface area is 137 Å². The molecular weight excluding hydrogens is 288 g/mol. The summed E-state index contributed by atoms with van der Waals surface area (Å²) in [5, 5.41) is 0.863. The predicted octanol–water partition coefficient (Wildman–Crippen LogP) is 4.84. The van der Waals surface area contributed by atoms with Crippen LogP contribution in [-0.2, 0) is 7.05 Å². The number of pyridine rings is 1. The molecule has 0 unspecified atom stereocenters. The van der Waals surface area contributed by atoms with E-state index in [-0.39, 0.29) is 0 Å². The van der Waals surface area contributed by atoms with E-state index in [4.69, 9.17) is 6.35 Å². The lowest BCUT2D eigenvalue weighted by Gasteiger charge is -2.09. The van der Waals surface area contributed by atoms with Crippen molar-refractivity contribution in [3.05, 3.63) is 46.1 Å². The number of aryl methyl sites for hydroxylation is 3. The largest absolute Gasteiger partial charge is 0.240 e. The highest BCUT2D eigenvalue weighted by Gasteiger charge is 2.21. The van der Waals surface area contributed by atoms with Gasteiger partial charge in [0, 0.05) is 13.3 Å². The summed E-state index contributed by atoms with van der Waals surface area (Å²) in [7, 11) is 2.08. The van der Waals surface area contributed by atoms with Crippen LogP contribution in [0.2, 0.25) is 0 Å². The number of benzene rings is 1. The molecule has 0 radical (unpaired) electrons. The predicted molar refractivity (Wildman–Crippen MR) is 94.5 cm³/mol. The Morgan fingerprint density at radius 2 is 1.95 bits per heavy atom. The maximum atomic E-state index is 8.29. The van der Waals surface area contributed by atoms with Crippen LogP contribution in [0, 0.1) is 20.8 Å². The molecule has 2 nitrogen and oxygen atoms in total. The van der Waals surface area contributed by atoms with Gasteiger partial charge in [-0.3, -0.25) is 0 Å². The van der Waals surface area contributed by atoms with Crippen molar-refractivity contribution in [3.63, 3.8) is 0 Å². The quantitative estimate of drug-likeness (QED) is 0.619. The van der Waals surface area contributed by atoms with Gasteiger partial charge in [0.25, 0.3) is 0 Å². The van der Waals surface area contributed by atoms with Crippen LogP contribution in [0.1, 0.15) is 42.8 Å². The number of aromatic nitrogens is 2. The number of thiazole rings is 1. The van der Waals surface area contributed by atoms with Gasteiger partial charge in [0.1, 0.15) is 11.7 Å². The number of rotatable bonds is 2. The van der Waals surface area contributed by atoms with Crippen LogP contribution in [0.4, 0.5) is 0 Å². The van der Waals surface area contributed by atoms with Crippen molar-refractivity contribution < 1.29 is 5.94 Å². The van der Waals surface area contributed by atoms with Crippen LogP contribution < -0.4 is 4.57 Å². The molecule has 114 valence electrons. The normalized spacial score (nSPS) is 12.7. The number of hydrogen-bond donors (Lipinski definition) is 0. The summed E-state index contributed by atoms with van der Waals surface area (Å²) in [6.45, 7) is 10.3. The Bertz CT molecular complexity index is 904. The lowest BCUT2D eigenvalue weighted by Crippen LogP contribution is -2.30. The van der Waals surface area contributed by atoms with Crippen molar-refractivity contribution in [2.24, 2.45) is 7.05 Å². The van der Waals surface area contributed by atoms with Gasteiger partial charge in [0.05, 0.1) is 16.1 Å². The lowest BCUT2D eigenvalue weighted by atomic mass is 9.97. The van der Waals surface area contributed by atoms with E-state index in [0.29, 0.717) is 0 Å². The van der Waals surface area contributed by atoms with Crippen molar-refractivity contribution in [2.45, 2.75) is 40.5 Å². The second kappa shape index (κ2) is 5.47. The molecule has 0 fully saturated rings. The smallest absolute Gasteiger partial charge is 0.232 e. The summed E-state index contributed by atoms with van der Waals surface area (Å²) in [6.07, 6.45) is 2.06. The molecule has 0 aliphatic heterocycles. The Balaban J connectivity index is 2.37. The third-order valence-electron chi connectivity index (χ3n) is 4.17. The maximum absolute atomic E-state index is 8.29. The molecule has 3 aromatic rings. The fourth-order valence-electron chi connectivity index (χ4n) is 2.84. The summed E-state index contributed by atoms with van der Waals surface area (Å²) in [6, 6.07) is 6.52. The van der Waals surface area contributed by atoms with Crippen LogP contribution in [0.25, 0.3) is 21.5 Å². The minimum atomic E-state index is -0.670. The van der Waals surface area contributed by atoms with Crippen molar-refractivity contribution in [1.29, 1.82) is 0 Å². The zero-order valence-electron chi connectivity index (χ0n) is 15.1. The zero-order valence-corrected chi connectivity index (χ0v) is 14.9. The van der Waals surface area contributed by atoms with Crippen LogP contribution >= 0.6 is 11.3 Å². The van der Waals surface area contributed by atoms with Crippen LogP contribution in [-0.4, -0.2) is 4.98 Å². The Kier molecular flexibility index (Phi) is 3.45. The first-order chi connectivity index (χ1) is 10.7. The van der Waals surface area contributed by atoms with E-state index in [1.807, 2.05) is 19.9 Å². The Hall–Kier alpha value is -1.74. The average molecular weight is 312 g/mol. The highest BCUT2D eigenvalue weighted by molar-refractivity contribution is 7.19. The van der Waals surface area contributed by atoms with Gasteiger partial charge >= 0.3 is 0 Å². The van der Waals surface area contributed by atoms with E-state index in [0.717, 1.165) is 10.5 Å². The molecule has 0 bridgehead atoms. The lowest BCUT2D eigenvalue weighted by molar-refractivity contribution is -0.659. The average Bonchev–Trinajstić information content (AvgIpc) is 2.87. The molecule has 0 aliphatic carbocycles. The highest BCUT2D eigenvalue weighted by atomic mass is 32.1. The first-order valence-electron chi connectivity index (χ1n) is 8.06. The molecule has 0 saturated carbocycles. The molecule has 2 aromatic heterocycles. The van der Waals surface area contributed by atoms with Gasteiger partial charge in [0.2, 0.25) is 5.69 Å². The van der Waals surface area contributed by atoms with Gasteiger partial charge in [-0.05, 0) is 38.0 Å². The summed E-state index contributed by atoms with van der Waals surface area (Å²) in [5.74, 6) is -0.670. The van der Waals surface area contributed by atoms with E-state index >= 15 is 0 Å². The highest BCUT2D eigenvalue weighted by Crippen LogP contribution is 2.35. The molecule has 0 amide bonds. The summed E-state index contributed by atoms with van der Waals surface area (Å²) in [5.41, 5.74) is 7.32. The van der Waals surface area contributed by atoms with E-state index in [1.165, 1.54) is 32.6 Å². The van der Waals surface area contributed by atoms with Crippen LogP contribution in [0.15, 0.2) is 24.4 Å². The maximum Gasteiger partial charge on any atom is 0.232 e. The molecule has 2 heterocycles. The van der Waals surface area contributed by atoms with Gasteiger partial charge in [0.15, 0.2) is 6.20 Å². The third-order valence-corrected chi connectivity index (χ3v) is 5.47. The topological polar surface area (TPSA) is 16.8 Å². The van der Waals surface area contributed by atoms with Crippen molar-refractivity contribution >= 4 is 21.6 Å². The fourth-order valence-corrected chi connectivity index (χ4v) is 3.95. The standard InChI is InChI=1S/C19H23N2S/c1-11(2)19-20-16-7-8-21(6)17(18(16)22-19)15-10-12(3)9-13(4)14(15)5/h7-11H,1-6H3/q+1/i11D. The molecule has 3 rings (SSSR count). The summed E-state index contributed by atoms with van der Waals surface area (Å²) < 4.78 is 11.6. The van der Waals surface area contributed by atoms with Gasteiger partial charge in [-0.2, -0.15) is 4.57 Å². The molecule has 22 heavy (non-hydrogen) atoms. The molecule has 0 aliphatic rings. The summed E-state index contributed by atoms with van der Waals surface area (Å²) >= 11 is 1.64. The Morgan fingerprint density at radius 1 is 1.23 bits per heavy atom. The van der Waals surface area contributed by atoms with Gasteiger partial charge in [-0.25, -0.2) is 4.98 Å². The second-order valence-corrected chi connectivity index (χ2v) is 7.26. The fraction of sp³-hybridized carbons (Fsp3) is 0.368. The minimum absolute atomic E-state index is 0.670. The first kappa shape index (κ1) is 13.9. The summed E-state index contributed by atoms with van der Waals surface area (Å²) in [4.78, 5) is 4.70. The van der Waals surface area contributed by atoms with Gasteiger partial charge in [-0.15, -0.1) is 11.3 Å². The molecule has 0 saturated heterocycles. The van der Waals surface area contributed by atoms with Gasteiger partial charge in [-0.1, -0.05) is 25.5 Å². The van der Waals surface area contributed by atoms with Crippen molar-refractivity contribution in [1.82, 2.24) is 4.98 Å². The zero-order chi connectivity index (χ0) is 16.9. The molecule has 1 aromatic carbocycles. The van der Waals surface area contributed by atoms with E-state index in [1.54, 1.807) is 11.3 Å². The number of nitrogens with zero attached hydrogens (tertiary/aromatic N) is 2. The first-order valence-corrected chi connectivity index (χ1v) is 8.38. The second-order valence-electron chi connectivity index (χ2n) is 6.26. The van der Waals surface area contributed by atoms with E-state index in [2.05, 4.69) is 50.7 Å². The van der Waals surface area contributed by atoms with E-state index in [9.17, 15) is 0 Å². The van der Waals surface area contributed by atoms with Crippen LogP contribution in [0.5, 0.6) is 0 Å². The van der Waals surface area contributed by atoms with E-state index < -0.39 is 5.89 Å². The minimum Gasteiger partial charge on any atom is -0.240 e. The molecule has 0 atom stereocenters. The van der Waals surface area contributed by atoms with Crippen LogP contribution in [0.3, 0.4) is 0 Å². The number of hydrogen-bond acceptors (Lipinski definition) is 2. The van der Waals surface area contributed by atoms with Crippen molar-refractivity contribution in [3.8, 4) is 11.3 Å². The Morgan fingerprint density at radius 3 is 2.64 bits per heavy atom. The van der Waals surface area contributed by atoms with Gasteiger partial charge < -0.3 is 0 Å². The van der Waals surface area contributed by atoms with Crippen molar-refractivity contribution in [2.75, 3.05) is 0 Å². The molecule has 3 heteroatoms.